The minimum atomic E-state index is -0.906. The van der Waals surface area contributed by atoms with E-state index >= 15 is 4.39 Å². The molecule has 0 spiro atoms. The molecule has 2 fully saturated rings. The highest BCUT2D eigenvalue weighted by molar-refractivity contribution is 6.01. The van der Waals surface area contributed by atoms with Gasteiger partial charge in [-0.15, -0.1) is 0 Å². The molecule has 0 bridgehead atoms. The number of halogens is 2. The van der Waals surface area contributed by atoms with Gasteiger partial charge in [0.15, 0.2) is 5.69 Å². The van der Waals surface area contributed by atoms with Gasteiger partial charge in [-0.2, -0.15) is 9.49 Å². The molecule has 2 aliphatic carbocycles. The summed E-state index contributed by atoms with van der Waals surface area (Å²) in [5.41, 5.74) is 0.542. The molecule has 0 radical (unpaired) electrons. The summed E-state index contributed by atoms with van der Waals surface area (Å²) in [6, 6.07) is -0.496. The van der Waals surface area contributed by atoms with Crippen LogP contribution >= 0.6 is 0 Å². The van der Waals surface area contributed by atoms with Crippen molar-refractivity contribution in [2.45, 2.75) is 58.0 Å². The molecule has 5 rings (SSSR count). The van der Waals surface area contributed by atoms with Crippen LogP contribution in [0.2, 0.25) is 0 Å². The molecule has 2 saturated carbocycles. The lowest BCUT2D eigenvalue weighted by Gasteiger charge is -2.27. The second kappa shape index (κ2) is 10.5. The highest BCUT2D eigenvalue weighted by Crippen LogP contribution is 2.51. The summed E-state index contributed by atoms with van der Waals surface area (Å²) >= 11 is 0. The fourth-order valence-electron chi connectivity index (χ4n) is 5.00. The van der Waals surface area contributed by atoms with E-state index in [1.807, 2.05) is 6.92 Å². The number of aromatic nitrogens is 5. The maximum absolute atomic E-state index is 15.5. The summed E-state index contributed by atoms with van der Waals surface area (Å²) in [5.74, 6) is -1.88. The Morgan fingerprint density at radius 2 is 1.89 bits per heavy atom. The second-order valence-electron chi connectivity index (χ2n) is 9.83. The van der Waals surface area contributed by atoms with Crippen LogP contribution in [0, 0.1) is 29.5 Å². The maximum Gasteiger partial charge on any atom is 0.276 e. The van der Waals surface area contributed by atoms with Gasteiger partial charge in [0.2, 0.25) is 17.7 Å². The summed E-state index contributed by atoms with van der Waals surface area (Å²) in [6.07, 6.45) is 6.51. The SMILES string of the molecule is CCc1nonc1C(=O)N[C@H](C(=O)Nc1cnn([C@@H](C)c2cc(F)cnc2OC)c1F)C(C1CC1)C1CC1. The fraction of sp³-hybridized carbons (Fsp3) is 0.520. The first-order valence-electron chi connectivity index (χ1n) is 12.7. The Morgan fingerprint density at radius 1 is 1.18 bits per heavy atom. The van der Waals surface area contributed by atoms with E-state index < -0.39 is 35.7 Å². The predicted molar refractivity (Wildman–Crippen MR) is 129 cm³/mol. The highest BCUT2D eigenvalue weighted by atomic mass is 19.1. The van der Waals surface area contributed by atoms with Crippen LogP contribution in [0.3, 0.4) is 0 Å². The van der Waals surface area contributed by atoms with Gasteiger partial charge < -0.3 is 15.4 Å². The van der Waals surface area contributed by atoms with E-state index in [4.69, 9.17) is 9.37 Å². The molecule has 0 aliphatic heterocycles. The van der Waals surface area contributed by atoms with Gasteiger partial charge >= 0.3 is 0 Å². The van der Waals surface area contributed by atoms with E-state index in [0.717, 1.165) is 36.6 Å². The molecule has 0 aromatic carbocycles. The van der Waals surface area contributed by atoms with Crippen LogP contribution in [-0.2, 0) is 11.2 Å². The molecular weight excluding hydrogens is 500 g/mol. The van der Waals surface area contributed by atoms with Gasteiger partial charge in [-0.25, -0.2) is 18.7 Å². The zero-order valence-electron chi connectivity index (χ0n) is 21.3. The first-order valence-corrected chi connectivity index (χ1v) is 12.7. The number of anilines is 1. The number of hydrogen-bond acceptors (Lipinski definition) is 8. The third-order valence-electron chi connectivity index (χ3n) is 7.24. The van der Waals surface area contributed by atoms with Crippen molar-refractivity contribution in [1.29, 1.82) is 0 Å². The average Bonchev–Trinajstić information content (AvgIpc) is 3.84. The smallest absolute Gasteiger partial charge is 0.276 e. The van der Waals surface area contributed by atoms with Crippen molar-refractivity contribution in [3.63, 3.8) is 0 Å². The maximum atomic E-state index is 15.5. The lowest BCUT2D eigenvalue weighted by molar-refractivity contribution is -0.119. The molecule has 2 amide bonds. The Hall–Kier alpha value is -3.90. The monoisotopic (exact) mass is 529 g/mol. The normalized spacial score (nSPS) is 16.8. The van der Waals surface area contributed by atoms with Gasteiger partial charge in [0.05, 0.1) is 25.5 Å². The number of carbonyl (C=O) groups is 2. The number of pyridine rings is 1. The average molecular weight is 530 g/mol. The lowest BCUT2D eigenvalue weighted by Crippen LogP contribution is -2.50. The van der Waals surface area contributed by atoms with Crippen LogP contribution in [0.1, 0.15) is 67.3 Å². The molecule has 13 heteroatoms. The van der Waals surface area contributed by atoms with Gasteiger partial charge in [-0.3, -0.25) is 9.59 Å². The third-order valence-corrected chi connectivity index (χ3v) is 7.24. The van der Waals surface area contributed by atoms with Crippen molar-refractivity contribution in [3.8, 4) is 5.88 Å². The second-order valence-corrected chi connectivity index (χ2v) is 9.83. The number of nitrogens with zero attached hydrogens (tertiary/aromatic N) is 5. The number of carbonyl (C=O) groups excluding carboxylic acids is 2. The molecule has 0 unspecified atom stereocenters. The Labute approximate surface area is 217 Å². The molecule has 2 atom stereocenters. The van der Waals surface area contributed by atoms with Crippen LogP contribution < -0.4 is 15.4 Å². The first kappa shape index (κ1) is 25.7. The van der Waals surface area contributed by atoms with Crippen LogP contribution in [0.15, 0.2) is 23.1 Å². The third kappa shape index (κ3) is 5.09. The molecule has 2 aliphatic rings. The largest absolute Gasteiger partial charge is 0.481 e. The Kier molecular flexibility index (Phi) is 7.09. The van der Waals surface area contributed by atoms with Crippen LogP contribution in [0.5, 0.6) is 5.88 Å². The Morgan fingerprint density at radius 3 is 2.53 bits per heavy atom. The standard InChI is InChI=1S/C25H29F2N7O4/c1-4-17-20(33-38-32-17)23(35)31-21(19(13-5-6-13)14-7-8-14)24(36)30-18-11-29-34(22(18)27)12(2)16-9-15(26)10-28-25(16)37-3/h9-14,19,21H,4-8H2,1-3H3,(H,30,36)(H,31,35)/t12-,21-/m0/s1. The van der Waals surface area contributed by atoms with Crippen molar-refractivity contribution in [3.05, 3.63) is 47.2 Å². The highest BCUT2D eigenvalue weighted by Gasteiger charge is 2.48. The Balaban J connectivity index is 1.39. The number of rotatable bonds is 11. The summed E-state index contributed by atoms with van der Waals surface area (Å²) in [6.45, 7) is 3.42. The number of methoxy groups -OCH3 is 1. The number of nitrogens with one attached hydrogen (secondary N) is 2. The van der Waals surface area contributed by atoms with Crippen LogP contribution in [-0.4, -0.2) is 50.0 Å². The summed E-state index contributed by atoms with van der Waals surface area (Å²) in [4.78, 5) is 30.5. The molecule has 3 aromatic rings. The van der Waals surface area contributed by atoms with E-state index in [0.29, 0.717) is 24.0 Å². The van der Waals surface area contributed by atoms with Crippen LogP contribution in [0.25, 0.3) is 0 Å². The van der Waals surface area contributed by atoms with E-state index in [-0.39, 0.29) is 28.7 Å². The minimum Gasteiger partial charge on any atom is -0.481 e. The van der Waals surface area contributed by atoms with Gasteiger partial charge in [0.25, 0.3) is 5.91 Å². The van der Waals surface area contributed by atoms with E-state index in [1.165, 1.54) is 19.4 Å². The number of ether oxygens (including phenoxy) is 1. The molecule has 3 aromatic heterocycles. The van der Waals surface area contributed by atoms with Crippen molar-refractivity contribution in [2.24, 2.45) is 17.8 Å². The summed E-state index contributed by atoms with van der Waals surface area (Å²) in [5, 5.41) is 17.0. The molecule has 0 saturated heterocycles. The van der Waals surface area contributed by atoms with Gasteiger partial charge in [0, 0.05) is 5.56 Å². The van der Waals surface area contributed by atoms with Crippen molar-refractivity contribution >= 4 is 17.5 Å². The molecule has 202 valence electrons. The number of aryl methyl sites for hydroxylation is 1. The predicted octanol–water partition coefficient (Wildman–Crippen LogP) is 3.29. The molecule has 38 heavy (non-hydrogen) atoms. The van der Waals surface area contributed by atoms with E-state index in [9.17, 15) is 14.0 Å². The van der Waals surface area contributed by atoms with Gasteiger partial charge in [-0.1, -0.05) is 12.1 Å². The van der Waals surface area contributed by atoms with Crippen LogP contribution in [0.4, 0.5) is 14.5 Å². The number of amides is 2. The quantitative estimate of drug-likeness (QED) is 0.386. The summed E-state index contributed by atoms with van der Waals surface area (Å²) in [7, 11) is 1.38. The summed E-state index contributed by atoms with van der Waals surface area (Å²) < 4.78 is 40.2. The van der Waals surface area contributed by atoms with Gasteiger partial charge in [0.1, 0.15) is 23.2 Å². The number of hydrogen-bond donors (Lipinski definition) is 2. The van der Waals surface area contributed by atoms with E-state index in [2.05, 4.69) is 31.0 Å². The van der Waals surface area contributed by atoms with E-state index in [1.54, 1.807) is 6.92 Å². The molecule has 11 nitrogen and oxygen atoms in total. The van der Waals surface area contributed by atoms with Crippen molar-refractivity contribution in [1.82, 2.24) is 30.4 Å². The lowest BCUT2D eigenvalue weighted by atomic mass is 9.88. The molecular formula is C25H29F2N7O4. The molecule has 2 N–H and O–H groups in total. The van der Waals surface area contributed by atoms with Crippen molar-refractivity contribution < 1.29 is 27.7 Å². The Bertz CT molecular complexity index is 1320. The fourth-order valence-corrected chi connectivity index (χ4v) is 5.00. The minimum absolute atomic E-state index is 0.0288. The topological polar surface area (TPSA) is 137 Å². The molecule has 3 heterocycles. The first-order chi connectivity index (χ1) is 18.3. The van der Waals surface area contributed by atoms with Gasteiger partial charge in [-0.05, 0) is 68.0 Å². The van der Waals surface area contributed by atoms with Crippen molar-refractivity contribution in [2.75, 3.05) is 12.4 Å². The zero-order chi connectivity index (χ0) is 27.0. The zero-order valence-corrected chi connectivity index (χ0v) is 21.3.